The number of Topliss-reactive ketones (excluding diaryl/α,β-unsaturated/α-hetero) is 1. The summed E-state index contributed by atoms with van der Waals surface area (Å²) in [7, 11) is 0. The number of unbranched alkanes of at least 4 members (excludes halogenated alkanes) is 1. The maximum atomic E-state index is 11.4. The number of hydrogen-bond acceptors (Lipinski definition) is 4. The molecule has 0 aliphatic carbocycles. The first-order chi connectivity index (χ1) is 10.2. The molecule has 0 fully saturated rings. The zero-order chi connectivity index (χ0) is 15.3. The van der Waals surface area contributed by atoms with Crippen molar-refractivity contribution in [2.24, 2.45) is 0 Å². The minimum absolute atomic E-state index is 0.166. The highest BCUT2D eigenvalue weighted by Crippen LogP contribution is 2.03. The Kier molecular flexibility index (Phi) is 9.13. The lowest BCUT2D eigenvalue weighted by atomic mass is 10.1. The van der Waals surface area contributed by atoms with Crippen molar-refractivity contribution in [3.8, 4) is 0 Å². The molecule has 0 heterocycles. The summed E-state index contributed by atoms with van der Waals surface area (Å²) in [6, 6.07) is 9.96. The lowest BCUT2D eigenvalue weighted by Crippen LogP contribution is -2.08. The molecule has 0 aliphatic heterocycles. The summed E-state index contributed by atoms with van der Waals surface area (Å²) in [5, 5.41) is 0. The second-order valence-corrected chi connectivity index (χ2v) is 5.02. The number of hydrogen-bond donors (Lipinski definition) is 0. The summed E-state index contributed by atoms with van der Waals surface area (Å²) in [4.78, 5) is 22.1. The van der Waals surface area contributed by atoms with Gasteiger partial charge in [-0.1, -0.05) is 30.3 Å². The summed E-state index contributed by atoms with van der Waals surface area (Å²) in [6.07, 6.45) is 3.10. The Morgan fingerprint density at radius 2 is 1.67 bits per heavy atom. The molecule has 0 radical (unpaired) electrons. The molecular formula is C17H24O4. The highest BCUT2D eigenvalue weighted by atomic mass is 16.5. The van der Waals surface area contributed by atoms with E-state index in [1.807, 2.05) is 30.3 Å². The number of ketones is 1. The van der Waals surface area contributed by atoms with Crippen LogP contribution in [0.3, 0.4) is 0 Å². The van der Waals surface area contributed by atoms with Gasteiger partial charge in [-0.15, -0.1) is 0 Å². The molecule has 4 heteroatoms. The van der Waals surface area contributed by atoms with E-state index in [4.69, 9.17) is 9.47 Å². The third kappa shape index (κ3) is 9.79. The average molecular weight is 292 g/mol. The number of carbonyl (C=O) groups excluding carboxylic acids is 2. The van der Waals surface area contributed by atoms with Crippen molar-refractivity contribution < 1.29 is 19.1 Å². The second-order valence-electron chi connectivity index (χ2n) is 5.02. The van der Waals surface area contributed by atoms with E-state index in [1.54, 1.807) is 6.92 Å². The molecule has 0 aromatic heterocycles. The fourth-order valence-electron chi connectivity index (χ4n) is 1.83. The number of ether oxygens (including phenoxy) is 2. The van der Waals surface area contributed by atoms with E-state index >= 15 is 0 Å². The summed E-state index contributed by atoms with van der Waals surface area (Å²) < 4.78 is 10.6. The molecule has 0 aliphatic rings. The van der Waals surface area contributed by atoms with Crippen LogP contribution in [0.25, 0.3) is 0 Å². The summed E-state index contributed by atoms with van der Waals surface area (Å²) >= 11 is 0. The highest BCUT2D eigenvalue weighted by molar-refractivity contribution is 5.75. The molecule has 0 N–H and O–H groups in total. The van der Waals surface area contributed by atoms with Gasteiger partial charge in [-0.2, -0.15) is 0 Å². The van der Waals surface area contributed by atoms with Gasteiger partial charge in [0.15, 0.2) is 0 Å². The van der Waals surface area contributed by atoms with Crippen molar-refractivity contribution >= 4 is 11.8 Å². The van der Waals surface area contributed by atoms with Gasteiger partial charge in [0.25, 0.3) is 0 Å². The molecule has 0 saturated carbocycles. The van der Waals surface area contributed by atoms with Crippen LogP contribution in [0.2, 0.25) is 0 Å². The monoisotopic (exact) mass is 292 g/mol. The van der Waals surface area contributed by atoms with E-state index in [9.17, 15) is 9.59 Å². The second kappa shape index (κ2) is 11.0. The van der Waals surface area contributed by atoms with Crippen molar-refractivity contribution in [3.63, 3.8) is 0 Å². The predicted molar refractivity (Wildman–Crippen MR) is 80.8 cm³/mol. The van der Waals surface area contributed by atoms with E-state index < -0.39 is 0 Å². The molecule has 4 nitrogen and oxygen atoms in total. The Morgan fingerprint density at radius 1 is 0.952 bits per heavy atom. The molecule has 0 amide bonds. The van der Waals surface area contributed by atoms with Gasteiger partial charge in [-0.05, 0) is 25.3 Å². The van der Waals surface area contributed by atoms with Crippen molar-refractivity contribution in [1.29, 1.82) is 0 Å². The van der Waals surface area contributed by atoms with Crippen LogP contribution >= 0.6 is 0 Å². The molecule has 0 atom stereocenters. The molecule has 0 spiro atoms. The molecule has 1 aromatic carbocycles. The largest absolute Gasteiger partial charge is 0.466 e. The van der Waals surface area contributed by atoms with Crippen LogP contribution in [-0.2, 0) is 25.7 Å². The Bertz CT molecular complexity index is 414. The summed E-state index contributed by atoms with van der Waals surface area (Å²) in [5.74, 6) is -0.0273. The first kappa shape index (κ1) is 17.4. The lowest BCUT2D eigenvalue weighted by Gasteiger charge is -2.06. The van der Waals surface area contributed by atoms with Crippen molar-refractivity contribution in [2.45, 2.75) is 45.6 Å². The highest BCUT2D eigenvalue weighted by Gasteiger charge is 2.03. The van der Waals surface area contributed by atoms with E-state index in [0.29, 0.717) is 45.5 Å². The van der Waals surface area contributed by atoms with Crippen molar-refractivity contribution in [3.05, 3.63) is 35.9 Å². The van der Waals surface area contributed by atoms with Crippen LogP contribution in [0.5, 0.6) is 0 Å². The van der Waals surface area contributed by atoms with Gasteiger partial charge in [-0.25, -0.2) is 0 Å². The topological polar surface area (TPSA) is 52.6 Å². The van der Waals surface area contributed by atoms with Crippen LogP contribution in [0.4, 0.5) is 0 Å². The van der Waals surface area contributed by atoms with E-state index in [1.165, 1.54) is 0 Å². The Balaban J connectivity index is 1.91. The molecule has 1 aromatic rings. The maximum absolute atomic E-state index is 11.4. The quantitative estimate of drug-likeness (QED) is 0.464. The molecule has 1 rings (SSSR count). The summed E-state index contributed by atoms with van der Waals surface area (Å²) in [6.45, 7) is 3.11. The van der Waals surface area contributed by atoms with Crippen LogP contribution in [0.15, 0.2) is 30.3 Å². The molecule has 0 bridgehead atoms. The van der Waals surface area contributed by atoms with Crippen LogP contribution in [0, 0.1) is 0 Å². The molecule has 0 unspecified atom stereocenters. The van der Waals surface area contributed by atoms with Gasteiger partial charge in [-0.3, -0.25) is 4.79 Å². The van der Waals surface area contributed by atoms with Crippen LogP contribution in [0.1, 0.15) is 44.6 Å². The average Bonchev–Trinajstić information content (AvgIpc) is 2.48. The fourth-order valence-corrected chi connectivity index (χ4v) is 1.83. The Labute approximate surface area is 126 Å². The maximum Gasteiger partial charge on any atom is 0.305 e. The molecule has 0 saturated heterocycles. The van der Waals surface area contributed by atoms with Gasteiger partial charge in [0.2, 0.25) is 0 Å². The number of rotatable bonds is 11. The van der Waals surface area contributed by atoms with E-state index in [-0.39, 0.29) is 11.8 Å². The predicted octanol–water partition coefficient (Wildman–Crippen LogP) is 3.29. The molecular weight excluding hydrogens is 268 g/mol. The lowest BCUT2D eigenvalue weighted by molar-refractivity contribution is -0.144. The third-order valence-electron chi connectivity index (χ3n) is 2.97. The number of carbonyl (C=O) groups is 2. The normalized spacial score (nSPS) is 10.3. The van der Waals surface area contributed by atoms with E-state index in [0.717, 1.165) is 12.0 Å². The zero-order valence-electron chi connectivity index (χ0n) is 12.7. The van der Waals surface area contributed by atoms with Gasteiger partial charge in [0.05, 0.1) is 19.8 Å². The zero-order valence-corrected chi connectivity index (χ0v) is 12.7. The SMILES string of the molecule is CC(=O)CCCCC(=O)OCCCOCc1ccccc1. The van der Waals surface area contributed by atoms with Crippen LogP contribution < -0.4 is 0 Å². The standard InChI is InChI=1S/C17H24O4/c1-15(18)8-5-6-11-17(19)21-13-7-12-20-14-16-9-3-2-4-10-16/h2-4,9-10H,5-8,11-14H2,1H3. The smallest absolute Gasteiger partial charge is 0.305 e. The fraction of sp³-hybridized carbons (Fsp3) is 0.529. The minimum atomic E-state index is -0.193. The number of esters is 1. The first-order valence-corrected chi connectivity index (χ1v) is 7.45. The van der Waals surface area contributed by atoms with E-state index in [2.05, 4.69) is 0 Å². The van der Waals surface area contributed by atoms with Gasteiger partial charge in [0, 0.05) is 19.3 Å². The molecule has 116 valence electrons. The Hall–Kier alpha value is -1.68. The minimum Gasteiger partial charge on any atom is -0.466 e. The van der Waals surface area contributed by atoms with Crippen LogP contribution in [-0.4, -0.2) is 25.0 Å². The summed E-state index contributed by atoms with van der Waals surface area (Å²) in [5.41, 5.74) is 1.14. The van der Waals surface area contributed by atoms with Gasteiger partial charge in [0.1, 0.15) is 5.78 Å². The van der Waals surface area contributed by atoms with Gasteiger partial charge >= 0.3 is 5.97 Å². The molecule has 21 heavy (non-hydrogen) atoms. The number of benzene rings is 1. The third-order valence-corrected chi connectivity index (χ3v) is 2.97. The van der Waals surface area contributed by atoms with Crippen molar-refractivity contribution in [2.75, 3.05) is 13.2 Å². The Morgan fingerprint density at radius 3 is 2.38 bits per heavy atom. The van der Waals surface area contributed by atoms with Crippen molar-refractivity contribution in [1.82, 2.24) is 0 Å². The van der Waals surface area contributed by atoms with Gasteiger partial charge < -0.3 is 14.3 Å². The first-order valence-electron chi connectivity index (χ1n) is 7.45.